The molecule has 0 radical (unpaired) electrons. The lowest BCUT2D eigenvalue weighted by atomic mass is 9.81. The molecular formula is C8H12N2O3. The van der Waals surface area contributed by atoms with Gasteiger partial charge in [-0.05, 0) is 12.8 Å². The van der Waals surface area contributed by atoms with Crippen LogP contribution in [0.25, 0.3) is 0 Å². The van der Waals surface area contributed by atoms with Crippen molar-refractivity contribution in [1.82, 2.24) is 4.90 Å². The monoisotopic (exact) mass is 184 g/mol. The summed E-state index contributed by atoms with van der Waals surface area (Å²) < 4.78 is 0. The molecule has 0 atom stereocenters. The van der Waals surface area contributed by atoms with Crippen LogP contribution in [-0.2, 0) is 0 Å². The summed E-state index contributed by atoms with van der Waals surface area (Å²) in [6, 6.07) is 2.06. The minimum atomic E-state index is -0.954. The Kier molecular flexibility index (Phi) is 2.73. The third kappa shape index (κ3) is 1.90. The van der Waals surface area contributed by atoms with Crippen molar-refractivity contribution in [1.29, 1.82) is 5.26 Å². The van der Waals surface area contributed by atoms with Crippen LogP contribution in [0.4, 0.5) is 4.79 Å². The summed E-state index contributed by atoms with van der Waals surface area (Å²) in [4.78, 5) is 11.8. The number of hydrogen-bond donors (Lipinski definition) is 2. The van der Waals surface area contributed by atoms with Crippen LogP contribution in [-0.4, -0.2) is 40.9 Å². The number of nitriles is 1. The van der Waals surface area contributed by atoms with Crippen LogP contribution < -0.4 is 0 Å². The van der Waals surface area contributed by atoms with Crippen molar-refractivity contribution < 1.29 is 15.0 Å². The van der Waals surface area contributed by atoms with E-state index in [1.807, 2.05) is 0 Å². The zero-order chi connectivity index (χ0) is 9.90. The Labute approximate surface area is 76.2 Å². The Hall–Kier alpha value is -1.28. The SMILES string of the molecule is N#CC1(CO)CCN(C(=O)O)CC1. The van der Waals surface area contributed by atoms with Crippen LogP contribution >= 0.6 is 0 Å². The number of aliphatic hydroxyl groups is 1. The van der Waals surface area contributed by atoms with Gasteiger partial charge in [-0.1, -0.05) is 0 Å². The van der Waals surface area contributed by atoms with Gasteiger partial charge in [0.15, 0.2) is 0 Å². The molecule has 0 saturated carbocycles. The summed E-state index contributed by atoms with van der Waals surface area (Å²) in [5.41, 5.74) is -0.716. The van der Waals surface area contributed by atoms with Gasteiger partial charge in [0.2, 0.25) is 0 Å². The second-order valence-electron chi connectivity index (χ2n) is 3.32. The maximum Gasteiger partial charge on any atom is 0.407 e. The summed E-state index contributed by atoms with van der Waals surface area (Å²) >= 11 is 0. The van der Waals surface area contributed by atoms with E-state index in [0.717, 1.165) is 0 Å². The van der Waals surface area contributed by atoms with Gasteiger partial charge in [0.25, 0.3) is 0 Å². The number of amides is 1. The quantitative estimate of drug-likeness (QED) is 0.612. The average molecular weight is 184 g/mol. The average Bonchev–Trinajstić information content (AvgIpc) is 2.18. The van der Waals surface area contributed by atoms with Crippen LogP contribution in [0.3, 0.4) is 0 Å². The molecule has 1 amide bonds. The van der Waals surface area contributed by atoms with Crippen molar-refractivity contribution >= 4 is 6.09 Å². The van der Waals surface area contributed by atoms with Gasteiger partial charge in [-0.2, -0.15) is 5.26 Å². The largest absolute Gasteiger partial charge is 0.465 e. The fraction of sp³-hybridized carbons (Fsp3) is 0.750. The molecule has 5 heteroatoms. The molecule has 1 rings (SSSR count). The standard InChI is InChI=1S/C8H12N2O3/c9-5-8(6-11)1-3-10(4-2-8)7(12)13/h11H,1-4,6H2,(H,12,13). The number of rotatable bonds is 1. The predicted octanol–water partition coefficient (Wildman–Crippen LogP) is 0.262. The molecule has 72 valence electrons. The number of aliphatic hydroxyl groups excluding tert-OH is 1. The first kappa shape index (κ1) is 9.81. The fourth-order valence-corrected chi connectivity index (χ4v) is 1.43. The number of hydrogen-bond acceptors (Lipinski definition) is 3. The normalized spacial score (nSPS) is 20.8. The van der Waals surface area contributed by atoms with E-state index in [1.165, 1.54) is 4.90 Å². The van der Waals surface area contributed by atoms with Gasteiger partial charge >= 0.3 is 6.09 Å². The van der Waals surface area contributed by atoms with Gasteiger partial charge in [0, 0.05) is 13.1 Å². The van der Waals surface area contributed by atoms with E-state index in [4.69, 9.17) is 15.5 Å². The second kappa shape index (κ2) is 3.62. The first-order chi connectivity index (χ1) is 6.13. The number of carbonyl (C=O) groups is 1. The van der Waals surface area contributed by atoms with Crippen molar-refractivity contribution in [2.75, 3.05) is 19.7 Å². The zero-order valence-electron chi connectivity index (χ0n) is 7.23. The van der Waals surface area contributed by atoms with Crippen molar-refractivity contribution in [3.05, 3.63) is 0 Å². The van der Waals surface area contributed by atoms with Crippen LogP contribution in [0.15, 0.2) is 0 Å². The first-order valence-electron chi connectivity index (χ1n) is 4.13. The van der Waals surface area contributed by atoms with E-state index in [9.17, 15) is 4.79 Å². The fourth-order valence-electron chi connectivity index (χ4n) is 1.43. The predicted molar refractivity (Wildman–Crippen MR) is 44.0 cm³/mol. The molecule has 1 aliphatic rings. The van der Waals surface area contributed by atoms with Crippen molar-refractivity contribution in [2.24, 2.45) is 5.41 Å². The van der Waals surface area contributed by atoms with Gasteiger partial charge in [-0.25, -0.2) is 4.79 Å². The van der Waals surface area contributed by atoms with Crippen LogP contribution in [0.5, 0.6) is 0 Å². The van der Waals surface area contributed by atoms with E-state index in [1.54, 1.807) is 0 Å². The number of nitrogens with zero attached hydrogens (tertiary/aromatic N) is 2. The van der Waals surface area contributed by atoms with Gasteiger partial charge < -0.3 is 15.1 Å². The van der Waals surface area contributed by atoms with Gasteiger partial charge in [0.1, 0.15) is 0 Å². The maximum absolute atomic E-state index is 10.5. The third-order valence-corrected chi connectivity index (χ3v) is 2.53. The Morgan fingerprint density at radius 3 is 2.38 bits per heavy atom. The molecular weight excluding hydrogens is 172 g/mol. The summed E-state index contributed by atoms with van der Waals surface area (Å²) in [7, 11) is 0. The summed E-state index contributed by atoms with van der Waals surface area (Å²) in [5, 5.41) is 26.4. The highest BCUT2D eigenvalue weighted by Crippen LogP contribution is 2.29. The highest BCUT2D eigenvalue weighted by molar-refractivity contribution is 5.65. The number of carboxylic acid groups (broad SMARTS) is 1. The molecule has 0 aromatic rings. The Balaban J connectivity index is 2.56. The van der Waals surface area contributed by atoms with Crippen molar-refractivity contribution in [2.45, 2.75) is 12.8 Å². The van der Waals surface area contributed by atoms with Gasteiger partial charge in [-0.15, -0.1) is 0 Å². The molecule has 1 heterocycles. The van der Waals surface area contributed by atoms with Crippen molar-refractivity contribution in [3.8, 4) is 6.07 Å². The van der Waals surface area contributed by atoms with E-state index >= 15 is 0 Å². The lowest BCUT2D eigenvalue weighted by Crippen LogP contribution is -2.43. The topological polar surface area (TPSA) is 84.6 Å². The molecule has 0 aliphatic carbocycles. The summed E-state index contributed by atoms with van der Waals surface area (Å²) in [5.74, 6) is 0. The minimum Gasteiger partial charge on any atom is -0.465 e. The highest BCUT2D eigenvalue weighted by atomic mass is 16.4. The minimum absolute atomic E-state index is 0.184. The number of likely N-dealkylation sites (tertiary alicyclic amines) is 1. The maximum atomic E-state index is 10.5. The molecule has 0 aromatic carbocycles. The molecule has 0 unspecified atom stereocenters. The molecule has 0 aromatic heterocycles. The molecule has 0 spiro atoms. The molecule has 2 N–H and O–H groups in total. The van der Waals surface area contributed by atoms with Gasteiger partial charge in [0.05, 0.1) is 18.1 Å². The molecule has 0 bridgehead atoms. The van der Waals surface area contributed by atoms with Crippen LogP contribution in [0, 0.1) is 16.7 Å². The van der Waals surface area contributed by atoms with E-state index < -0.39 is 11.5 Å². The highest BCUT2D eigenvalue weighted by Gasteiger charge is 2.35. The first-order valence-corrected chi connectivity index (χ1v) is 4.13. The zero-order valence-corrected chi connectivity index (χ0v) is 7.23. The molecule has 13 heavy (non-hydrogen) atoms. The second-order valence-corrected chi connectivity index (χ2v) is 3.32. The third-order valence-electron chi connectivity index (χ3n) is 2.53. The van der Waals surface area contributed by atoms with Crippen LogP contribution in [0.2, 0.25) is 0 Å². The molecule has 1 aliphatic heterocycles. The van der Waals surface area contributed by atoms with E-state index in [-0.39, 0.29) is 6.61 Å². The Morgan fingerprint density at radius 1 is 1.54 bits per heavy atom. The molecule has 1 saturated heterocycles. The molecule has 5 nitrogen and oxygen atoms in total. The Bertz CT molecular complexity index is 238. The van der Waals surface area contributed by atoms with Gasteiger partial charge in [-0.3, -0.25) is 0 Å². The number of piperidine rings is 1. The summed E-state index contributed by atoms with van der Waals surface area (Å²) in [6.07, 6.45) is -0.108. The van der Waals surface area contributed by atoms with E-state index in [2.05, 4.69) is 6.07 Å². The van der Waals surface area contributed by atoms with Crippen molar-refractivity contribution in [3.63, 3.8) is 0 Å². The van der Waals surface area contributed by atoms with Crippen LogP contribution in [0.1, 0.15) is 12.8 Å². The lowest BCUT2D eigenvalue weighted by Gasteiger charge is -2.34. The summed E-state index contributed by atoms with van der Waals surface area (Å²) in [6.45, 7) is 0.490. The Morgan fingerprint density at radius 2 is 2.08 bits per heavy atom. The molecule has 1 fully saturated rings. The lowest BCUT2D eigenvalue weighted by molar-refractivity contribution is 0.0785. The van der Waals surface area contributed by atoms with E-state index in [0.29, 0.717) is 25.9 Å². The smallest absolute Gasteiger partial charge is 0.407 e.